The summed E-state index contributed by atoms with van der Waals surface area (Å²) in [7, 11) is 0. The third kappa shape index (κ3) is 5.49. The Balaban J connectivity index is 1.45. The van der Waals surface area contributed by atoms with Gasteiger partial charge in [0.2, 0.25) is 11.8 Å². The summed E-state index contributed by atoms with van der Waals surface area (Å²) in [5, 5.41) is 7.98. The van der Waals surface area contributed by atoms with Crippen molar-refractivity contribution in [3.8, 4) is 11.4 Å². The van der Waals surface area contributed by atoms with E-state index in [0.29, 0.717) is 31.8 Å². The monoisotopic (exact) mass is 486 g/mol. The molecule has 0 saturated carbocycles. The van der Waals surface area contributed by atoms with Crippen LogP contribution in [0.4, 0.5) is 0 Å². The number of benzene rings is 2. The van der Waals surface area contributed by atoms with Gasteiger partial charge < -0.3 is 10.2 Å². The summed E-state index contributed by atoms with van der Waals surface area (Å²) in [5.74, 6) is 1.36. The molecule has 1 fully saturated rings. The zero-order valence-corrected chi connectivity index (χ0v) is 20.8. The van der Waals surface area contributed by atoms with Crippen LogP contribution in [0.25, 0.3) is 11.4 Å². The highest BCUT2D eigenvalue weighted by Gasteiger charge is 2.35. The highest BCUT2D eigenvalue weighted by Crippen LogP contribution is 2.23. The average molecular weight is 487 g/mol. The highest BCUT2D eigenvalue weighted by atomic mass is 16.2. The fourth-order valence-electron chi connectivity index (χ4n) is 5.21. The van der Waals surface area contributed by atoms with Crippen LogP contribution in [0.3, 0.4) is 0 Å². The molecule has 8 nitrogen and oxygen atoms in total. The van der Waals surface area contributed by atoms with Crippen molar-refractivity contribution in [1.29, 1.82) is 0 Å². The maximum atomic E-state index is 13.2. The molecular formula is C28H34N6O2. The molecule has 36 heavy (non-hydrogen) atoms. The summed E-state index contributed by atoms with van der Waals surface area (Å²) in [6.07, 6.45) is 2.77. The molecule has 0 bridgehead atoms. The fourth-order valence-corrected chi connectivity index (χ4v) is 5.21. The minimum atomic E-state index is -0.409. The Bertz CT molecular complexity index is 1180. The Morgan fingerprint density at radius 3 is 2.44 bits per heavy atom. The lowest BCUT2D eigenvalue weighted by molar-refractivity contribution is -0.138. The van der Waals surface area contributed by atoms with Gasteiger partial charge in [-0.15, -0.1) is 0 Å². The molecule has 1 saturated heterocycles. The third-order valence-corrected chi connectivity index (χ3v) is 7.10. The van der Waals surface area contributed by atoms with Crippen LogP contribution in [-0.2, 0) is 22.7 Å². The minimum absolute atomic E-state index is 0.0755. The van der Waals surface area contributed by atoms with Crippen molar-refractivity contribution in [2.45, 2.75) is 57.8 Å². The molecule has 0 aliphatic carbocycles. The number of nitrogens with one attached hydrogen (secondary N) is 1. The maximum absolute atomic E-state index is 13.2. The first kappa shape index (κ1) is 24.2. The van der Waals surface area contributed by atoms with Crippen LogP contribution in [0.1, 0.15) is 50.0 Å². The molecule has 1 N–H and O–H groups in total. The molecule has 8 heteroatoms. The molecule has 0 unspecified atom stereocenters. The van der Waals surface area contributed by atoms with Gasteiger partial charge in [-0.25, -0.2) is 9.67 Å². The molecule has 0 radical (unpaired) electrons. The summed E-state index contributed by atoms with van der Waals surface area (Å²) in [4.78, 5) is 35.2. The van der Waals surface area contributed by atoms with Gasteiger partial charge in [0.15, 0.2) is 5.82 Å². The first-order valence-corrected chi connectivity index (χ1v) is 12.9. The topological polar surface area (TPSA) is 83.4 Å². The molecular weight excluding hydrogens is 452 g/mol. The number of fused-ring (bicyclic) bond motifs is 2. The lowest BCUT2D eigenvalue weighted by Crippen LogP contribution is -2.47. The molecule has 3 aromatic rings. The van der Waals surface area contributed by atoms with Crippen molar-refractivity contribution in [1.82, 2.24) is 29.9 Å². The number of amides is 2. The van der Waals surface area contributed by atoms with E-state index in [1.165, 1.54) is 5.56 Å². The molecule has 188 valence electrons. The minimum Gasteiger partial charge on any atom is -0.345 e. The number of hydrogen-bond donors (Lipinski definition) is 1. The predicted molar refractivity (Wildman–Crippen MR) is 138 cm³/mol. The fraction of sp³-hybridized carbons (Fsp3) is 0.429. The number of hydrogen-bond acceptors (Lipinski definition) is 5. The smallest absolute Gasteiger partial charge is 0.243 e. The van der Waals surface area contributed by atoms with E-state index in [2.05, 4.69) is 34.5 Å². The number of carbonyl (C=O) groups excluding carboxylic acids is 2. The van der Waals surface area contributed by atoms with Crippen molar-refractivity contribution in [2.75, 3.05) is 19.6 Å². The Hall–Kier alpha value is -3.52. The van der Waals surface area contributed by atoms with Crippen molar-refractivity contribution >= 4 is 11.8 Å². The summed E-state index contributed by atoms with van der Waals surface area (Å²) in [6, 6.07) is 19.6. The standard InChI is InChI=1S/C28H34N6O2/c1-21-27-30-26(23-12-6-3-7-13-23)31-34(27)19-18-32(20-22-10-4-2-5-11-22)16-9-15-25(35)33-17-8-14-24(33)28(36)29-21/h2-7,10-13,21,24H,8-9,14-20H2,1H3,(H,29,36)/t21-,24-/m0/s1. The van der Waals surface area contributed by atoms with E-state index in [4.69, 9.17) is 10.1 Å². The molecule has 1 aromatic heterocycles. The van der Waals surface area contributed by atoms with Crippen molar-refractivity contribution in [3.05, 3.63) is 72.1 Å². The molecule has 2 aliphatic heterocycles. The largest absolute Gasteiger partial charge is 0.345 e. The van der Waals surface area contributed by atoms with Gasteiger partial charge in [-0.3, -0.25) is 14.5 Å². The third-order valence-electron chi connectivity index (χ3n) is 7.10. The van der Waals surface area contributed by atoms with Crippen LogP contribution in [0.15, 0.2) is 60.7 Å². The van der Waals surface area contributed by atoms with Crippen LogP contribution >= 0.6 is 0 Å². The first-order chi connectivity index (χ1) is 17.6. The Morgan fingerprint density at radius 2 is 1.67 bits per heavy atom. The second kappa shape index (κ2) is 11.0. The average Bonchev–Trinajstić information content (AvgIpc) is 3.56. The van der Waals surface area contributed by atoms with Gasteiger partial charge in [-0.05, 0) is 38.3 Å². The van der Waals surface area contributed by atoms with Crippen molar-refractivity contribution < 1.29 is 9.59 Å². The molecule has 2 aliphatic rings. The quantitative estimate of drug-likeness (QED) is 0.614. The molecule has 5 rings (SSSR count). The van der Waals surface area contributed by atoms with Crippen LogP contribution in [-0.4, -0.2) is 62.1 Å². The van der Waals surface area contributed by atoms with Gasteiger partial charge in [0.1, 0.15) is 11.9 Å². The molecule has 0 spiro atoms. The molecule has 2 atom stereocenters. The summed E-state index contributed by atoms with van der Waals surface area (Å²) in [6.45, 7) is 5.61. The normalized spacial score (nSPS) is 22.0. The second-order valence-corrected chi connectivity index (χ2v) is 9.72. The lowest BCUT2D eigenvalue weighted by Gasteiger charge is -2.28. The number of aromatic nitrogens is 3. The zero-order valence-electron chi connectivity index (χ0n) is 20.8. The van der Waals surface area contributed by atoms with E-state index in [0.717, 1.165) is 43.9 Å². The molecule has 2 amide bonds. The van der Waals surface area contributed by atoms with E-state index in [-0.39, 0.29) is 17.9 Å². The van der Waals surface area contributed by atoms with Gasteiger partial charge >= 0.3 is 0 Å². The molecule has 2 aromatic carbocycles. The van der Waals surface area contributed by atoms with Crippen LogP contribution in [0.2, 0.25) is 0 Å². The van der Waals surface area contributed by atoms with Gasteiger partial charge in [-0.1, -0.05) is 60.7 Å². The Labute approximate surface area is 212 Å². The van der Waals surface area contributed by atoms with E-state index < -0.39 is 6.04 Å². The number of carbonyl (C=O) groups is 2. The van der Waals surface area contributed by atoms with Crippen LogP contribution < -0.4 is 5.32 Å². The maximum Gasteiger partial charge on any atom is 0.243 e. The summed E-state index contributed by atoms with van der Waals surface area (Å²) < 4.78 is 1.94. The van der Waals surface area contributed by atoms with E-state index in [1.54, 1.807) is 4.90 Å². The van der Waals surface area contributed by atoms with Gasteiger partial charge in [-0.2, -0.15) is 5.10 Å². The highest BCUT2D eigenvalue weighted by molar-refractivity contribution is 5.88. The van der Waals surface area contributed by atoms with Crippen LogP contribution in [0, 0.1) is 0 Å². The second-order valence-electron chi connectivity index (χ2n) is 9.72. The Morgan fingerprint density at radius 1 is 0.917 bits per heavy atom. The molecule has 3 heterocycles. The zero-order chi connectivity index (χ0) is 24.9. The Kier molecular flexibility index (Phi) is 7.41. The first-order valence-electron chi connectivity index (χ1n) is 12.9. The summed E-state index contributed by atoms with van der Waals surface area (Å²) in [5.41, 5.74) is 2.19. The van der Waals surface area contributed by atoms with Gasteiger partial charge in [0.05, 0.1) is 12.6 Å². The predicted octanol–water partition coefficient (Wildman–Crippen LogP) is 3.41. The van der Waals surface area contributed by atoms with Gasteiger partial charge in [0.25, 0.3) is 0 Å². The van der Waals surface area contributed by atoms with Crippen LogP contribution in [0.5, 0.6) is 0 Å². The van der Waals surface area contributed by atoms with E-state index in [1.807, 2.05) is 48.0 Å². The van der Waals surface area contributed by atoms with E-state index >= 15 is 0 Å². The van der Waals surface area contributed by atoms with Crippen molar-refractivity contribution in [2.24, 2.45) is 0 Å². The van der Waals surface area contributed by atoms with Gasteiger partial charge in [0, 0.05) is 31.6 Å². The SMILES string of the molecule is C[C@@H]1NC(=O)[C@@H]2CCCN2C(=O)CCCN(Cc2ccccc2)CCn2nc(-c3ccccc3)nc21. The lowest BCUT2D eigenvalue weighted by atomic mass is 10.1. The van der Waals surface area contributed by atoms with E-state index in [9.17, 15) is 9.59 Å². The van der Waals surface area contributed by atoms with Crippen molar-refractivity contribution in [3.63, 3.8) is 0 Å². The summed E-state index contributed by atoms with van der Waals surface area (Å²) >= 11 is 0. The number of nitrogens with zero attached hydrogens (tertiary/aromatic N) is 5. The number of rotatable bonds is 3.